The third-order valence-corrected chi connectivity index (χ3v) is 4.06. The Hall–Kier alpha value is -2.31. The SMILES string of the molecule is CC(Oc1ccccc1F)C(=O)NNC(=O)CCc1ccc(Cl)cc1Cl. The van der Waals surface area contributed by atoms with Gasteiger partial charge < -0.3 is 4.74 Å². The molecule has 2 rings (SSSR count). The summed E-state index contributed by atoms with van der Waals surface area (Å²) in [6.07, 6.45) is -0.485. The second-order valence-corrected chi connectivity index (χ2v) is 6.31. The van der Waals surface area contributed by atoms with Crippen LogP contribution in [0.2, 0.25) is 10.0 Å². The quantitative estimate of drug-likeness (QED) is 0.729. The molecule has 2 N–H and O–H groups in total. The van der Waals surface area contributed by atoms with E-state index in [9.17, 15) is 14.0 Å². The fourth-order valence-electron chi connectivity index (χ4n) is 2.05. The lowest BCUT2D eigenvalue weighted by atomic mass is 10.1. The van der Waals surface area contributed by atoms with Crippen molar-refractivity contribution >= 4 is 35.0 Å². The van der Waals surface area contributed by atoms with Gasteiger partial charge in [-0.2, -0.15) is 0 Å². The van der Waals surface area contributed by atoms with Gasteiger partial charge in [-0.05, 0) is 43.2 Å². The van der Waals surface area contributed by atoms with Gasteiger partial charge in [0.25, 0.3) is 5.91 Å². The molecular formula is C18H17Cl2FN2O3. The first-order chi connectivity index (χ1) is 12.4. The number of rotatable bonds is 6. The molecule has 0 aliphatic carbocycles. The molecule has 2 aromatic carbocycles. The molecule has 1 atom stereocenters. The lowest BCUT2D eigenvalue weighted by molar-refractivity contribution is -0.132. The van der Waals surface area contributed by atoms with Crippen molar-refractivity contribution in [3.8, 4) is 5.75 Å². The van der Waals surface area contributed by atoms with Crippen LogP contribution < -0.4 is 15.6 Å². The molecule has 0 aromatic heterocycles. The molecule has 5 nitrogen and oxygen atoms in total. The Bertz CT molecular complexity index is 802. The van der Waals surface area contributed by atoms with Crippen LogP contribution in [0.1, 0.15) is 18.9 Å². The third-order valence-electron chi connectivity index (χ3n) is 3.47. The van der Waals surface area contributed by atoms with Gasteiger partial charge in [0, 0.05) is 16.5 Å². The van der Waals surface area contributed by atoms with E-state index in [1.807, 2.05) is 0 Å². The van der Waals surface area contributed by atoms with E-state index in [2.05, 4.69) is 10.9 Å². The lowest BCUT2D eigenvalue weighted by Crippen LogP contribution is -2.47. The molecule has 0 saturated heterocycles. The van der Waals surface area contributed by atoms with Crippen molar-refractivity contribution in [3.05, 3.63) is 63.9 Å². The van der Waals surface area contributed by atoms with Crippen molar-refractivity contribution in [3.63, 3.8) is 0 Å². The van der Waals surface area contributed by atoms with E-state index in [1.165, 1.54) is 25.1 Å². The van der Waals surface area contributed by atoms with Gasteiger partial charge in [-0.25, -0.2) is 4.39 Å². The van der Waals surface area contributed by atoms with Crippen LogP contribution in [0.15, 0.2) is 42.5 Å². The number of para-hydroxylation sites is 1. The molecule has 26 heavy (non-hydrogen) atoms. The Balaban J connectivity index is 1.77. The minimum Gasteiger partial charge on any atom is -0.478 e. The number of amides is 2. The summed E-state index contributed by atoms with van der Waals surface area (Å²) >= 11 is 11.9. The number of hydrazine groups is 1. The molecule has 0 saturated carbocycles. The van der Waals surface area contributed by atoms with Crippen molar-refractivity contribution < 1.29 is 18.7 Å². The van der Waals surface area contributed by atoms with Gasteiger partial charge in [0.05, 0.1) is 0 Å². The summed E-state index contributed by atoms with van der Waals surface area (Å²) in [5.41, 5.74) is 5.30. The third kappa shape index (κ3) is 5.89. The summed E-state index contributed by atoms with van der Waals surface area (Å²) in [6, 6.07) is 10.8. The highest BCUT2D eigenvalue weighted by molar-refractivity contribution is 6.35. The molecule has 0 aliphatic rings. The fourth-order valence-corrected chi connectivity index (χ4v) is 2.56. The molecule has 2 aromatic rings. The van der Waals surface area contributed by atoms with Crippen molar-refractivity contribution in [1.82, 2.24) is 10.9 Å². The summed E-state index contributed by atoms with van der Waals surface area (Å²) in [6.45, 7) is 1.45. The monoisotopic (exact) mass is 398 g/mol. The molecule has 138 valence electrons. The van der Waals surface area contributed by atoms with Gasteiger partial charge in [0.15, 0.2) is 17.7 Å². The molecule has 8 heteroatoms. The molecule has 0 heterocycles. The highest BCUT2D eigenvalue weighted by atomic mass is 35.5. The van der Waals surface area contributed by atoms with Gasteiger partial charge in [0.1, 0.15) is 0 Å². The summed E-state index contributed by atoms with van der Waals surface area (Å²) < 4.78 is 18.7. The number of benzene rings is 2. The fraction of sp³-hybridized carbons (Fsp3) is 0.222. The average Bonchev–Trinajstić information content (AvgIpc) is 2.60. The highest BCUT2D eigenvalue weighted by Crippen LogP contribution is 2.22. The highest BCUT2D eigenvalue weighted by Gasteiger charge is 2.17. The van der Waals surface area contributed by atoms with Gasteiger partial charge in [-0.1, -0.05) is 41.4 Å². The molecule has 0 fully saturated rings. The average molecular weight is 399 g/mol. The topological polar surface area (TPSA) is 67.4 Å². The van der Waals surface area contributed by atoms with Crippen LogP contribution in [0.4, 0.5) is 4.39 Å². The van der Waals surface area contributed by atoms with E-state index < -0.39 is 23.7 Å². The number of hydrogen-bond donors (Lipinski definition) is 2. The van der Waals surface area contributed by atoms with E-state index in [0.717, 1.165) is 5.56 Å². The van der Waals surface area contributed by atoms with Gasteiger partial charge in [-0.3, -0.25) is 20.4 Å². The zero-order chi connectivity index (χ0) is 19.1. The number of carbonyl (C=O) groups excluding carboxylic acids is 2. The van der Waals surface area contributed by atoms with Gasteiger partial charge >= 0.3 is 0 Å². The van der Waals surface area contributed by atoms with E-state index in [1.54, 1.807) is 24.3 Å². The molecule has 0 aliphatic heterocycles. The number of hydrogen-bond acceptors (Lipinski definition) is 3. The minimum absolute atomic E-state index is 0.0427. The number of nitrogens with one attached hydrogen (secondary N) is 2. The Morgan fingerprint density at radius 2 is 1.88 bits per heavy atom. The van der Waals surface area contributed by atoms with Crippen LogP contribution in [-0.4, -0.2) is 17.9 Å². The van der Waals surface area contributed by atoms with Crippen LogP contribution >= 0.6 is 23.2 Å². The Morgan fingerprint density at radius 3 is 2.58 bits per heavy atom. The normalized spacial score (nSPS) is 11.5. The van der Waals surface area contributed by atoms with Crippen LogP contribution in [-0.2, 0) is 16.0 Å². The van der Waals surface area contributed by atoms with E-state index in [-0.39, 0.29) is 12.2 Å². The number of halogens is 3. The smallest absolute Gasteiger partial charge is 0.279 e. The van der Waals surface area contributed by atoms with Crippen molar-refractivity contribution in [2.45, 2.75) is 25.9 Å². The largest absolute Gasteiger partial charge is 0.478 e. The maximum absolute atomic E-state index is 13.5. The first-order valence-corrected chi connectivity index (χ1v) is 8.56. The van der Waals surface area contributed by atoms with Crippen LogP contribution in [0, 0.1) is 5.82 Å². The summed E-state index contributed by atoms with van der Waals surface area (Å²) in [5, 5.41) is 0.987. The summed E-state index contributed by atoms with van der Waals surface area (Å²) in [7, 11) is 0. The predicted molar refractivity (Wildman–Crippen MR) is 97.6 cm³/mol. The number of aryl methyl sites for hydroxylation is 1. The van der Waals surface area contributed by atoms with Gasteiger partial charge in [-0.15, -0.1) is 0 Å². The Morgan fingerprint density at radius 1 is 1.15 bits per heavy atom. The maximum Gasteiger partial charge on any atom is 0.279 e. The molecule has 1 unspecified atom stereocenters. The zero-order valence-corrected chi connectivity index (χ0v) is 15.4. The van der Waals surface area contributed by atoms with Gasteiger partial charge in [0.2, 0.25) is 5.91 Å². The standard InChI is InChI=1S/C18H17Cl2FN2O3/c1-11(26-16-5-3-2-4-15(16)21)18(25)23-22-17(24)9-7-12-6-8-13(19)10-14(12)20/h2-6,8,10-11H,7,9H2,1H3,(H,22,24)(H,23,25). The number of ether oxygens (including phenoxy) is 1. The first-order valence-electron chi connectivity index (χ1n) is 7.80. The maximum atomic E-state index is 13.5. The Kier molecular flexibility index (Phi) is 7.24. The van der Waals surface area contributed by atoms with Crippen molar-refractivity contribution in [1.29, 1.82) is 0 Å². The van der Waals surface area contributed by atoms with E-state index in [0.29, 0.717) is 16.5 Å². The zero-order valence-electron chi connectivity index (χ0n) is 13.9. The summed E-state index contributed by atoms with van der Waals surface area (Å²) in [4.78, 5) is 23.8. The summed E-state index contributed by atoms with van der Waals surface area (Å²) in [5.74, 6) is -1.62. The molecule has 0 bridgehead atoms. The Labute approximate surface area is 160 Å². The lowest BCUT2D eigenvalue weighted by Gasteiger charge is -2.15. The van der Waals surface area contributed by atoms with Crippen molar-refractivity contribution in [2.75, 3.05) is 0 Å². The van der Waals surface area contributed by atoms with E-state index in [4.69, 9.17) is 27.9 Å². The molecular weight excluding hydrogens is 382 g/mol. The second-order valence-electron chi connectivity index (χ2n) is 5.46. The van der Waals surface area contributed by atoms with Crippen LogP contribution in [0.3, 0.4) is 0 Å². The molecule has 0 spiro atoms. The molecule has 2 amide bonds. The first kappa shape index (κ1) is 20.0. The van der Waals surface area contributed by atoms with Crippen LogP contribution in [0.25, 0.3) is 0 Å². The number of carbonyl (C=O) groups is 2. The van der Waals surface area contributed by atoms with Crippen molar-refractivity contribution in [2.24, 2.45) is 0 Å². The second kappa shape index (κ2) is 9.40. The minimum atomic E-state index is -0.988. The van der Waals surface area contributed by atoms with E-state index >= 15 is 0 Å². The van der Waals surface area contributed by atoms with Crippen LogP contribution in [0.5, 0.6) is 5.75 Å². The predicted octanol–water partition coefficient (Wildman–Crippen LogP) is 3.68. The molecule has 0 radical (unpaired) electrons.